The summed E-state index contributed by atoms with van der Waals surface area (Å²) in [7, 11) is 0. The molecule has 4 nitrogen and oxygen atoms in total. The number of nitrogens with zero attached hydrogens (tertiary/aromatic N) is 1. The van der Waals surface area contributed by atoms with Crippen molar-refractivity contribution in [1.29, 1.82) is 0 Å². The van der Waals surface area contributed by atoms with E-state index in [0.29, 0.717) is 0 Å². The van der Waals surface area contributed by atoms with Gasteiger partial charge in [0, 0.05) is 42.7 Å². The first-order valence-electron chi connectivity index (χ1n) is 8.77. The summed E-state index contributed by atoms with van der Waals surface area (Å²) < 4.78 is 8.03. The Morgan fingerprint density at radius 2 is 1.92 bits per heavy atom. The molecule has 1 aromatic heterocycles. The summed E-state index contributed by atoms with van der Waals surface area (Å²) in [6, 6.07) is 16.0. The molecule has 1 aliphatic heterocycles. The first-order chi connectivity index (χ1) is 12.2. The number of rotatable bonds is 4. The number of aromatic nitrogens is 1. The first kappa shape index (κ1) is 15.9. The second-order valence-electron chi connectivity index (χ2n) is 6.52. The third kappa shape index (κ3) is 3.05. The maximum absolute atomic E-state index is 13.0. The number of hydrogen-bond acceptors (Lipinski definition) is 3. The molecule has 0 atom stereocenters. The molecule has 4 heteroatoms. The molecule has 25 heavy (non-hydrogen) atoms. The van der Waals surface area contributed by atoms with Crippen LogP contribution in [0.25, 0.3) is 10.9 Å². The van der Waals surface area contributed by atoms with E-state index in [-0.39, 0.29) is 12.4 Å². The van der Waals surface area contributed by atoms with Crippen LogP contribution in [-0.2, 0) is 13.0 Å². The number of nitrogens with one attached hydrogen (secondary N) is 1. The third-order valence-corrected chi connectivity index (χ3v) is 4.80. The molecule has 0 spiro atoms. The van der Waals surface area contributed by atoms with Crippen LogP contribution in [0.1, 0.15) is 21.6 Å². The summed E-state index contributed by atoms with van der Waals surface area (Å²) >= 11 is 0. The minimum absolute atomic E-state index is 0.0485. The van der Waals surface area contributed by atoms with E-state index >= 15 is 0 Å². The second kappa shape index (κ2) is 6.73. The molecule has 0 aliphatic carbocycles. The van der Waals surface area contributed by atoms with Gasteiger partial charge >= 0.3 is 0 Å². The van der Waals surface area contributed by atoms with Crippen LogP contribution in [-0.4, -0.2) is 30.0 Å². The first-order valence-corrected chi connectivity index (χ1v) is 8.77. The Kier molecular flexibility index (Phi) is 4.28. The van der Waals surface area contributed by atoms with Gasteiger partial charge in [0.1, 0.15) is 5.75 Å². The number of para-hydroxylation sites is 1. The predicted molar refractivity (Wildman–Crippen MR) is 99.5 cm³/mol. The van der Waals surface area contributed by atoms with Gasteiger partial charge in [-0.1, -0.05) is 35.9 Å². The Labute approximate surface area is 147 Å². The lowest BCUT2D eigenvalue weighted by Crippen LogP contribution is -2.17. The van der Waals surface area contributed by atoms with E-state index in [2.05, 4.69) is 16.0 Å². The van der Waals surface area contributed by atoms with Crippen molar-refractivity contribution in [3.05, 3.63) is 65.4 Å². The van der Waals surface area contributed by atoms with Gasteiger partial charge in [-0.05, 0) is 25.1 Å². The normalized spacial score (nSPS) is 14.1. The number of fused-ring (bicyclic) bond motifs is 3. The van der Waals surface area contributed by atoms with Gasteiger partial charge in [0.15, 0.2) is 6.61 Å². The summed E-state index contributed by atoms with van der Waals surface area (Å²) in [6.07, 6.45) is 0.861. The molecule has 1 N–H and O–H groups in total. The number of benzene rings is 2. The molecule has 0 saturated heterocycles. The highest BCUT2D eigenvalue weighted by Crippen LogP contribution is 2.28. The van der Waals surface area contributed by atoms with E-state index in [1.807, 2.05) is 49.4 Å². The molecule has 2 aromatic carbocycles. The van der Waals surface area contributed by atoms with Gasteiger partial charge in [0.2, 0.25) is 5.78 Å². The zero-order valence-electron chi connectivity index (χ0n) is 14.4. The third-order valence-electron chi connectivity index (χ3n) is 4.80. The minimum Gasteiger partial charge on any atom is -0.485 e. The van der Waals surface area contributed by atoms with Crippen LogP contribution in [0.5, 0.6) is 5.75 Å². The van der Waals surface area contributed by atoms with Crippen LogP contribution in [0.15, 0.2) is 48.5 Å². The standard InChI is InChI=1S/C21H22N2O2/c1-15-6-8-16(9-7-15)25-14-20(24)21-17-4-2-3-5-18(17)23-13-12-22-11-10-19(21)23/h2-9,22H,10-14H2,1H3. The minimum atomic E-state index is 0.0485. The van der Waals surface area contributed by atoms with Gasteiger partial charge in [0.25, 0.3) is 0 Å². The quantitative estimate of drug-likeness (QED) is 0.744. The van der Waals surface area contributed by atoms with E-state index in [1.54, 1.807) is 0 Å². The molecular weight excluding hydrogens is 312 g/mol. The van der Waals surface area contributed by atoms with Gasteiger partial charge in [-0.2, -0.15) is 0 Å². The molecule has 0 saturated carbocycles. The highest BCUT2D eigenvalue weighted by molar-refractivity contribution is 6.10. The molecule has 2 heterocycles. The zero-order valence-corrected chi connectivity index (χ0v) is 14.4. The number of Topliss-reactive ketones (excluding diaryl/α,β-unsaturated/α-hetero) is 1. The summed E-state index contributed by atoms with van der Waals surface area (Å²) in [5.41, 5.74) is 4.27. The van der Waals surface area contributed by atoms with Crippen molar-refractivity contribution in [2.75, 3.05) is 19.7 Å². The van der Waals surface area contributed by atoms with E-state index in [9.17, 15) is 4.79 Å². The lowest BCUT2D eigenvalue weighted by molar-refractivity contribution is 0.0922. The monoisotopic (exact) mass is 334 g/mol. The fourth-order valence-electron chi connectivity index (χ4n) is 3.56. The number of ketones is 1. The molecule has 0 radical (unpaired) electrons. The number of carbonyl (C=O) groups is 1. The van der Waals surface area contributed by atoms with Crippen molar-refractivity contribution in [1.82, 2.24) is 9.88 Å². The van der Waals surface area contributed by atoms with E-state index in [1.165, 1.54) is 5.56 Å². The average molecular weight is 334 g/mol. The summed E-state index contributed by atoms with van der Waals surface area (Å²) in [4.78, 5) is 13.0. The van der Waals surface area contributed by atoms with Crippen LogP contribution < -0.4 is 10.1 Å². The molecule has 0 amide bonds. The van der Waals surface area contributed by atoms with Crippen molar-refractivity contribution in [2.24, 2.45) is 0 Å². The summed E-state index contributed by atoms with van der Waals surface area (Å²) in [5, 5.41) is 4.45. The Bertz CT molecular complexity index is 910. The van der Waals surface area contributed by atoms with E-state index in [4.69, 9.17) is 4.74 Å². The Balaban J connectivity index is 1.66. The summed E-state index contributed by atoms with van der Waals surface area (Å²) in [5.74, 6) is 0.780. The van der Waals surface area contributed by atoms with Crippen molar-refractivity contribution < 1.29 is 9.53 Å². The molecule has 128 valence electrons. The molecule has 4 rings (SSSR count). The van der Waals surface area contributed by atoms with Gasteiger partial charge in [-0.25, -0.2) is 0 Å². The van der Waals surface area contributed by atoms with Gasteiger partial charge in [-0.3, -0.25) is 4.79 Å². The fourth-order valence-corrected chi connectivity index (χ4v) is 3.56. The van der Waals surface area contributed by atoms with Crippen LogP contribution in [0.4, 0.5) is 0 Å². The number of hydrogen-bond donors (Lipinski definition) is 1. The van der Waals surface area contributed by atoms with E-state index < -0.39 is 0 Å². The van der Waals surface area contributed by atoms with Crippen LogP contribution in [0, 0.1) is 6.92 Å². The molecule has 0 bridgehead atoms. The Morgan fingerprint density at radius 1 is 1.12 bits per heavy atom. The van der Waals surface area contributed by atoms with Crippen molar-refractivity contribution in [2.45, 2.75) is 19.9 Å². The molecule has 0 unspecified atom stereocenters. The predicted octanol–water partition coefficient (Wildman–Crippen LogP) is 3.36. The smallest absolute Gasteiger partial charge is 0.202 e. The molecule has 0 fully saturated rings. The fraction of sp³-hybridized carbons (Fsp3) is 0.286. The van der Waals surface area contributed by atoms with Crippen molar-refractivity contribution in [3.63, 3.8) is 0 Å². The maximum atomic E-state index is 13.0. The SMILES string of the molecule is Cc1ccc(OCC(=O)c2c3n(c4ccccc24)CCNCC3)cc1. The molecule has 3 aromatic rings. The number of carbonyl (C=O) groups excluding carboxylic acids is 1. The lowest BCUT2D eigenvalue weighted by atomic mass is 10.1. The molecular formula is C21H22N2O2. The Morgan fingerprint density at radius 3 is 2.76 bits per heavy atom. The van der Waals surface area contributed by atoms with Gasteiger partial charge < -0.3 is 14.6 Å². The number of aryl methyl sites for hydroxylation is 1. The highest BCUT2D eigenvalue weighted by Gasteiger charge is 2.23. The number of ether oxygens (including phenoxy) is 1. The topological polar surface area (TPSA) is 43.3 Å². The van der Waals surface area contributed by atoms with Crippen LogP contribution >= 0.6 is 0 Å². The van der Waals surface area contributed by atoms with Crippen LogP contribution in [0.2, 0.25) is 0 Å². The second-order valence-corrected chi connectivity index (χ2v) is 6.52. The van der Waals surface area contributed by atoms with E-state index in [0.717, 1.165) is 54.0 Å². The Hall–Kier alpha value is -2.59. The van der Waals surface area contributed by atoms with Crippen molar-refractivity contribution in [3.8, 4) is 5.75 Å². The van der Waals surface area contributed by atoms with Crippen LogP contribution in [0.3, 0.4) is 0 Å². The molecule has 1 aliphatic rings. The lowest BCUT2D eigenvalue weighted by Gasteiger charge is -2.08. The largest absolute Gasteiger partial charge is 0.485 e. The zero-order chi connectivity index (χ0) is 17.2. The highest BCUT2D eigenvalue weighted by atomic mass is 16.5. The average Bonchev–Trinajstić information content (AvgIpc) is 2.78. The van der Waals surface area contributed by atoms with Gasteiger partial charge in [0.05, 0.1) is 5.56 Å². The summed E-state index contributed by atoms with van der Waals surface area (Å²) in [6.45, 7) is 4.82. The van der Waals surface area contributed by atoms with Gasteiger partial charge in [-0.15, -0.1) is 0 Å². The maximum Gasteiger partial charge on any atom is 0.202 e. The van der Waals surface area contributed by atoms with Crippen molar-refractivity contribution >= 4 is 16.7 Å².